The van der Waals surface area contributed by atoms with Crippen molar-refractivity contribution in [3.05, 3.63) is 12.3 Å². The molecule has 1 aliphatic rings. The summed E-state index contributed by atoms with van der Waals surface area (Å²) < 4.78 is 10.5. The lowest BCUT2D eigenvalue weighted by atomic mass is 9.91. The van der Waals surface area contributed by atoms with Gasteiger partial charge in [0.25, 0.3) is 6.29 Å². The van der Waals surface area contributed by atoms with Gasteiger partial charge in [0.1, 0.15) is 11.4 Å². The van der Waals surface area contributed by atoms with Crippen LogP contribution >= 0.6 is 0 Å². The van der Waals surface area contributed by atoms with Crippen LogP contribution in [0.2, 0.25) is 0 Å². The average molecular weight is 170 g/mol. The number of ether oxygens (including phenoxy) is 2. The van der Waals surface area contributed by atoms with Crippen LogP contribution in [-0.2, 0) is 14.3 Å². The molecule has 1 rings (SSSR count). The molecule has 0 aromatic heterocycles. The second kappa shape index (κ2) is 2.90. The van der Waals surface area contributed by atoms with Gasteiger partial charge in [-0.05, 0) is 12.8 Å². The molecule has 0 aromatic rings. The van der Waals surface area contributed by atoms with Gasteiger partial charge >= 0.3 is 0 Å². The van der Waals surface area contributed by atoms with E-state index < -0.39 is 11.9 Å². The number of carbonyl (C=O) groups is 1. The molecule has 0 aromatic carbocycles. The molecule has 3 nitrogen and oxygen atoms in total. The van der Waals surface area contributed by atoms with E-state index in [1.807, 2.05) is 20.8 Å². The number of hydrogen-bond acceptors (Lipinski definition) is 3. The Morgan fingerprint density at radius 3 is 2.50 bits per heavy atom. The van der Waals surface area contributed by atoms with Gasteiger partial charge < -0.3 is 9.47 Å². The summed E-state index contributed by atoms with van der Waals surface area (Å²) in [6.45, 7) is 9.60. The highest BCUT2D eigenvalue weighted by Gasteiger charge is 2.43. The molecule has 68 valence electrons. The predicted molar refractivity (Wildman–Crippen MR) is 44.4 cm³/mol. The van der Waals surface area contributed by atoms with E-state index in [1.165, 1.54) is 0 Å². The third-order valence-corrected chi connectivity index (χ3v) is 2.39. The molecule has 2 unspecified atom stereocenters. The van der Waals surface area contributed by atoms with Crippen LogP contribution in [0, 0.1) is 5.92 Å². The Morgan fingerprint density at radius 1 is 1.67 bits per heavy atom. The summed E-state index contributed by atoms with van der Waals surface area (Å²) in [4.78, 5) is 10.4. The van der Waals surface area contributed by atoms with Gasteiger partial charge in [-0.1, -0.05) is 20.4 Å². The van der Waals surface area contributed by atoms with Gasteiger partial charge in [-0.15, -0.1) is 0 Å². The van der Waals surface area contributed by atoms with E-state index in [9.17, 15) is 4.79 Å². The third-order valence-electron chi connectivity index (χ3n) is 2.39. The van der Waals surface area contributed by atoms with Gasteiger partial charge in [0, 0.05) is 0 Å². The maximum Gasteiger partial charge on any atom is 0.257 e. The Kier molecular flexibility index (Phi) is 2.24. The molecule has 0 amide bonds. The maximum absolute atomic E-state index is 10.4. The van der Waals surface area contributed by atoms with E-state index >= 15 is 0 Å². The molecule has 2 atom stereocenters. The number of rotatable bonds is 2. The van der Waals surface area contributed by atoms with Crippen LogP contribution in [0.1, 0.15) is 20.8 Å². The molecule has 1 saturated heterocycles. The fraction of sp³-hybridized carbons (Fsp3) is 0.667. The molecule has 0 radical (unpaired) electrons. The normalized spacial score (nSPS) is 35.3. The highest BCUT2D eigenvalue weighted by molar-refractivity contribution is 5.55. The average Bonchev–Trinajstić information content (AvgIpc) is 2.29. The van der Waals surface area contributed by atoms with Crippen molar-refractivity contribution in [2.45, 2.75) is 32.7 Å². The summed E-state index contributed by atoms with van der Waals surface area (Å²) >= 11 is 0. The maximum atomic E-state index is 10.4. The molecule has 0 N–H and O–H groups in total. The van der Waals surface area contributed by atoms with Gasteiger partial charge in [0.2, 0.25) is 0 Å². The van der Waals surface area contributed by atoms with Crippen molar-refractivity contribution >= 4 is 6.29 Å². The zero-order valence-electron chi connectivity index (χ0n) is 7.66. The lowest BCUT2D eigenvalue weighted by Gasteiger charge is -2.25. The molecule has 0 aliphatic carbocycles. The molecule has 1 aliphatic heterocycles. The molecule has 12 heavy (non-hydrogen) atoms. The zero-order valence-corrected chi connectivity index (χ0v) is 7.66. The topological polar surface area (TPSA) is 35.5 Å². The molecule has 0 bridgehead atoms. The third kappa shape index (κ3) is 1.25. The first-order chi connectivity index (χ1) is 5.50. The number of carbonyl (C=O) groups excluding carboxylic acids is 1. The first-order valence-electron chi connectivity index (χ1n) is 4.00. The molecule has 1 fully saturated rings. The Bertz CT molecular complexity index is 210. The molecule has 0 saturated carbocycles. The van der Waals surface area contributed by atoms with Crippen LogP contribution in [0.25, 0.3) is 0 Å². The summed E-state index contributed by atoms with van der Waals surface area (Å²) in [7, 11) is 0. The van der Waals surface area contributed by atoms with E-state index in [4.69, 9.17) is 9.47 Å². The molecule has 0 spiro atoms. The minimum atomic E-state index is -0.773. The van der Waals surface area contributed by atoms with Crippen molar-refractivity contribution in [2.75, 3.05) is 0 Å². The van der Waals surface area contributed by atoms with Gasteiger partial charge in [0.15, 0.2) is 6.29 Å². The number of aldehydes is 1. The molecular weight excluding hydrogens is 156 g/mol. The Morgan fingerprint density at radius 2 is 2.25 bits per heavy atom. The summed E-state index contributed by atoms with van der Waals surface area (Å²) in [5.41, 5.74) is -0.522. The Hall–Kier alpha value is -0.830. The molecule has 1 heterocycles. The van der Waals surface area contributed by atoms with Gasteiger partial charge in [0.05, 0.1) is 0 Å². The largest absolute Gasteiger partial charge is 0.460 e. The first-order valence-corrected chi connectivity index (χ1v) is 4.00. The smallest absolute Gasteiger partial charge is 0.257 e. The molecule has 3 heteroatoms. The summed E-state index contributed by atoms with van der Waals surface area (Å²) in [6.07, 6.45) is -0.136. The first kappa shape index (κ1) is 9.26. The van der Waals surface area contributed by atoms with Crippen molar-refractivity contribution in [3.8, 4) is 0 Å². The standard InChI is InChI=1S/C9H14O3/c1-6(2)9(4)7(3)11-8(5-10)12-9/h5-6,8H,3H2,1-2,4H3. The van der Waals surface area contributed by atoms with Gasteiger partial charge in [-0.3, -0.25) is 4.79 Å². The van der Waals surface area contributed by atoms with E-state index in [1.54, 1.807) is 0 Å². The van der Waals surface area contributed by atoms with Crippen molar-refractivity contribution in [1.82, 2.24) is 0 Å². The fourth-order valence-electron chi connectivity index (χ4n) is 1.10. The van der Waals surface area contributed by atoms with Crippen LogP contribution in [0.5, 0.6) is 0 Å². The lowest BCUT2D eigenvalue weighted by molar-refractivity contribution is -0.139. The predicted octanol–water partition coefficient (Wildman–Crippen LogP) is 1.49. The zero-order chi connectivity index (χ0) is 9.35. The summed E-state index contributed by atoms with van der Waals surface area (Å²) in [5.74, 6) is 0.782. The van der Waals surface area contributed by atoms with Crippen molar-refractivity contribution in [3.63, 3.8) is 0 Å². The van der Waals surface area contributed by atoms with Crippen molar-refractivity contribution < 1.29 is 14.3 Å². The Balaban J connectivity index is 2.81. The highest BCUT2D eigenvalue weighted by Crippen LogP contribution is 2.36. The van der Waals surface area contributed by atoms with Crippen molar-refractivity contribution in [2.24, 2.45) is 5.92 Å². The monoisotopic (exact) mass is 170 g/mol. The van der Waals surface area contributed by atoms with E-state index in [0.717, 1.165) is 0 Å². The second-order valence-electron chi connectivity index (χ2n) is 3.43. The van der Waals surface area contributed by atoms with Gasteiger partial charge in [-0.25, -0.2) is 0 Å². The van der Waals surface area contributed by atoms with E-state index in [2.05, 4.69) is 6.58 Å². The van der Waals surface area contributed by atoms with Crippen LogP contribution < -0.4 is 0 Å². The van der Waals surface area contributed by atoms with Crippen LogP contribution in [-0.4, -0.2) is 18.2 Å². The lowest BCUT2D eigenvalue weighted by Crippen LogP contribution is -2.33. The quantitative estimate of drug-likeness (QED) is 0.589. The SMILES string of the molecule is C=C1OC(C=O)OC1(C)C(C)C. The minimum absolute atomic E-state index is 0.245. The second-order valence-corrected chi connectivity index (χ2v) is 3.43. The van der Waals surface area contributed by atoms with Crippen LogP contribution in [0.3, 0.4) is 0 Å². The summed E-state index contributed by atoms with van der Waals surface area (Å²) in [5, 5.41) is 0. The van der Waals surface area contributed by atoms with Crippen molar-refractivity contribution in [1.29, 1.82) is 0 Å². The van der Waals surface area contributed by atoms with E-state index in [0.29, 0.717) is 12.0 Å². The molecular formula is C9H14O3. The highest BCUT2D eigenvalue weighted by atomic mass is 16.7. The Labute approximate surface area is 72.4 Å². The minimum Gasteiger partial charge on any atom is -0.460 e. The summed E-state index contributed by atoms with van der Waals surface area (Å²) in [6, 6.07) is 0. The number of hydrogen-bond donors (Lipinski definition) is 0. The van der Waals surface area contributed by atoms with Crippen LogP contribution in [0.4, 0.5) is 0 Å². The van der Waals surface area contributed by atoms with E-state index in [-0.39, 0.29) is 5.92 Å². The van der Waals surface area contributed by atoms with Gasteiger partial charge in [-0.2, -0.15) is 0 Å². The fourth-order valence-corrected chi connectivity index (χ4v) is 1.10. The van der Waals surface area contributed by atoms with Crippen LogP contribution in [0.15, 0.2) is 12.3 Å².